The first-order valence-electron chi connectivity index (χ1n) is 6.55. The first-order chi connectivity index (χ1) is 7.24. The second-order valence-corrected chi connectivity index (χ2v) is 5.23. The minimum Gasteiger partial charge on any atom is -0.375 e. The average molecular weight is 212 g/mol. The molecule has 2 rings (SSSR count). The minimum absolute atomic E-state index is 0.462. The zero-order valence-electron chi connectivity index (χ0n) is 10.1. The van der Waals surface area contributed by atoms with Gasteiger partial charge in [0.1, 0.15) is 0 Å². The van der Waals surface area contributed by atoms with E-state index in [0.29, 0.717) is 24.4 Å². The summed E-state index contributed by atoms with van der Waals surface area (Å²) in [7, 11) is 0. The molecule has 0 aromatic heterocycles. The fourth-order valence-electron chi connectivity index (χ4n) is 2.84. The maximum atomic E-state index is 5.94. The van der Waals surface area contributed by atoms with Gasteiger partial charge in [0, 0.05) is 0 Å². The zero-order valence-corrected chi connectivity index (χ0v) is 10.1. The van der Waals surface area contributed by atoms with Crippen LogP contribution in [0.25, 0.3) is 0 Å². The molecule has 4 atom stereocenters. The Hall–Kier alpha value is -0.0800. The van der Waals surface area contributed by atoms with Crippen molar-refractivity contribution in [2.45, 2.75) is 83.2 Å². The van der Waals surface area contributed by atoms with Gasteiger partial charge in [0.2, 0.25) is 0 Å². The van der Waals surface area contributed by atoms with Crippen LogP contribution in [0.15, 0.2) is 0 Å². The van der Waals surface area contributed by atoms with Crippen LogP contribution in [0.3, 0.4) is 0 Å². The van der Waals surface area contributed by atoms with Gasteiger partial charge < -0.3 is 9.47 Å². The molecular weight excluding hydrogens is 188 g/mol. The fraction of sp³-hybridized carbons (Fsp3) is 1.00. The molecule has 0 unspecified atom stereocenters. The molecule has 0 amide bonds. The molecule has 2 saturated heterocycles. The zero-order chi connectivity index (χ0) is 10.7. The predicted octanol–water partition coefficient (Wildman–Crippen LogP) is 3.29. The lowest BCUT2D eigenvalue weighted by Gasteiger charge is -2.34. The van der Waals surface area contributed by atoms with E-state index in [9.17, 15) is 0 Å². The molecule has 15 heavy (non-hydrogen) atoms. The Bertz CT molecular complexity index is 173. The highest BCUT2D eigenvalue weighted by molar-refractivity contribution is 4.75. The standard InChI is InChI=1S/C13H24O2/c1-10-5-3-7-12(14-10)9-13-8-4-6-11(2)15-13/h10-13H,3-9H2,1-2H3/t10-,11-,12-,13+/m0/s1. The van der Waals surface area contributed by atoms with Crippen LogP contribution in [0.4, 0.5) is 0 Å². The molecule has 2 nitrogen and oxygen atoms in total. The van der Waals surface area contributed by atoms with Gasteiger partial charge >= 0.3 is 0 Å². The van der Waals surface area contributed by atoms with Crippen molar-refractivity contribution in [1.29, 1.82) is 0 Å². The van der Waals surface area contributed by atoms with Gasteiger partial charge in [-0.1, -0.05) is 0 Å². The van der Waals surface area contributed by atoms with Crippen molar-refractivity contribution in [1.82, 2.24) is 0 Å². The van der Waals surface area contributed by atoms with E-state index < -0.39 is 0 Å². The number of rotatable bonds is 2. The second kappa shape index (κ2) is 5.31. The highest BCUT2D eigenvalue weighted by Crippen LogP contribution is 2.27. The Labute approximate surface area is 93.3 Å². The SMILES string of the molecule is C[C@H]1CCC[C@H](C[C@@H]2CCC[C@H](C)O2)O1. The van der Waals surface area contributed by atoms with E-state index in [1.807, 2.05) is 0 Å². The summed E-state index contributed by atoms with van der Waals surface area (Å²) in [5.41, 5.74) is 0. The Kier molecular flexibility index (Phi) is 4.04. The highest BCUT2D eigenvalue weighted by atomic mass is 16.5. The number of hydrogen-bond donors (Lipinski definition) is 0. The molecule has 0 N–H and O–H groups in total. The third-order valence-corrected chi connectivity index (χ3v) is 3.65. The van der Waals surface area contributed by atoms with E-state index in [1.54, 1.807) is 0 Å². The summed E-state index contributed by atoms with van der Waals surface area (Å²) < 4.78 is 11.9. The average Bonchev–Trinajstić information content (AvgIpc) is 2.17. The summed E-state index contributed by atoms with van der Waals surface area (Å²) in [5.74, 6) is 0. The van der Waals surface area contributed by atoms with Crippen LogP contribution in [0.1, 0.15) is 58.8 Å². The van der Waals surface area contributed by atoms with Gasteiger partial charge in [-0.15, -0.1) is 0 Å². The van der Waals surface area contributed by atoms with Crippen molar-refractivity contribution >= 4 is 0 Å². The molecule has 0 saturated carbocycles. The monoisotopic (exact) mass is 212 g/mol. The van der Waals surface area contributed by atoms with Crippen LogP contribution in [-0.4, -0.2) is 24.4 Å². The van der Waals surface area contributed by atoms with Crippen LogP contribution >= 0.6 is 0 Å². The summed E-state index contributed by atoms with van der Waals surface area (Å²) in [6.07, 6.45) is 10.6. The van der Waals surface area contributed by atoms with E-state index in [4.69, 9.17) is 9.47 Å². The highest BCUT2D eigenvalue weighted by Gasteiger charge is 2.26. The molecule has 0 spiro atoms. The van der Waals surface area contributed by atoms with E-state index in [-0.39, 0.29) is 0 Å². The maximum absolute atomic E-state index is 5.94. The lowest BCUT2D eigenvalue weighted by atomic mass is 9.96. The van der Waals surface area contributed by atoms with Crippen LogP contribution in [0, 0.1) is 0 Å². The molecule has 0 radical (unpaired) electrons. The molecular formula is C13H24O2. The molecule has 2 heterocycles. The maximum Gasteiger partial charge on any atom is 0.0603 e. The molecule has 0 aromatic rings. The number of hydrogen-bond acceptors (Lipinski definition) is 2. The van der Waals surface area contributed by atoms with Crippen LogP contribution in [0.2, 0.25) is 0 Å². The first kappa shape index (κ1) is 11.4. The molecule has 2 aliphatic heterocycles. The Balaban J connectivity index is 1.75. The molecule has 2 fully saturated rings. The summed E-state index contributed by atoms with van der Waals surface area (Å²) in [6, 6.07) is 0. The first-order valence-corrected chi connectivity index (χ1v) is 6.55. The van der Waals surface area contributed by atoms with Crippen LogP contribution < -0.4 is 0 Å². The van der Waals surface area contributed by atoms with Gasteiger partial charge in [-0.2, -0.15) is 0 Å². The van der Waals surface area contributed by atoms with Gasteiger partial charge in [0.05, 0.1) is 24.4 Å². The van der Waals surface area contributed by atoms with Gasteiger partial charge in [0.15, 0.2) is 0 Å². The van der Waals surface area contributed by atoms with Crippen molar-refractivity contribution in [3.8, 4) is 0 Å². The van der Waals surface area contributed by atoms with Crippen molar-refractivity contribution in [3.63, 3.8) is 0 Å². The van der Waals surface area contributed by atoms with E-state index in [1.165, 1.54) is 38.5 Å². The Morgan fingerprint density at radius 3 is 1.67 bits per heavy atom. The molecule has 0 bridgehead atoms. The van der Waals surface area contributed by atoms with Gasteiger partial charge in [-0.3, -0.25) is 0 Å². The summed E-state index contributed by atoms with van der Waals surface area (Å²) in [4.78, 5) is 0. The molecule has 88 valence electrons. The third-order valence-electron chi connectivity index (χ3n) is 3.65. The van der Waals surface area contributed by atoms with E-state index >= 15 is 0 Å². The topological polar surface area (TPSA) is 18.5 Å². The van der Waals surface area contributed by atoms with Crippen molar-refractivity contribution < 1.29 is 9.47 Å². The van der Waals surface area contributed by atoms with Gasteiger partial charge in [-0.25, -0.2) is 0 Å². The Morgan fingerprint density at radius 2 is 1.27 bits per heavy atom. The lowest BCUT2D eigenvalue weighted by Crippen LogP contribution is -2.33. The van der Waals surface area contributed by atoms with Crippen LogP contribution in [0.5, 0.6) is 0 Å². The van der Waals surface area contributed by atoms with Crippen LogP contribution in [-0.2, 0) is 9.47 Å². The van der Waals surface area contributed by atoms with E-state index in [2.05, 4.69) is 13.8 Å². The molecule has 0 aliphatic carbocycles. The smallest absolute Gasteiger partial charge is 0.0603 e. The predicted molar refractivity (Wildman–Crippen MR) is 61.0 cm³/mol. The number of ether oxygens (including phenoxy) is 2. The van der Waals surface area contributed by atoms with Crippen molar-refractivity contribution in [3.05, 3.63) is 0 Å². The van der Waals surface area contributed by atoms with E-state index in [0.717, 1.165) is 6.42 Å². The molecule has 2 heteroatoms. The fourth-order valence-corrected chi connectivity index (χ4v) is 2.84. The summed E-state index contributed by atoms with van der Waals surface area (Å²) in [5, 5.41) is 0. The Morgan fingerprint density at radius 1 is 0.800 bits per heavy atom. The van der Waals surface area contributed by atoms with Crippen molar-refractivity contribution in [2.24, 2.45) is 0 Å². The summed E-state index contributed by atoms with van der Waals surface area (Å²) in [6.45, 7) is 4.38. The third kappa shape index (κ3) is 3.46. The largest absolute Gasteiger partial charge is 0.375 e. The molecule has 2 aliphatic rings. The van der Waals surface area contributed by atoms with Gasteiger partial charge in [0.25, 0.3) is 0 Å². The molecule has 0 aromatic carbocycles. The minimum atomic E-state index is 0.462. The quantitative estimate of drug-likeness (QED) is 0.699. The normalized spacial score (nSPS) is 42.8. The lowest BCUT2D eigenvalue weighted by molar-refractivity contribution is -0.0979. The summed E-state index contributed by atoms with van der Waals surface area (Å²) >= 11 is 0. The second-order valence-electron chi connectivity index (χ2n) is 5.23. The van der Waals surface area contributed by atoms with Gasteiger partial charge in [-0.05, 0) is 58.8 Å². The van der Waals surface area contributed by atoms with Crippen molar-refractivity contribution in [2.75, 3.05) is 0 Å².